The molecule has 1 unspecified atom stereocenters. The van der Waals surface area contributed by atoms with Gasteiger partial charge in [-0.2, -0.15) is 0 Å². The van der Waals surface area contributed by atoms with Crippen LogP contribution in [0.3, 0.4) is 0 Å². The normalized spacial score (nSPS) is 14.6. The monoisotopic (exact) mass is 127 g/mol. The van der Waals surface area contributed by atoms with Crippen LogP contribution in [0.25, 0.3) is 0 Å². The second kappa shape index (κ2) is 5.83. The van der Waals surface area contributed by atoms with E-state index in [1.165, 1.54) is 12.8 Å². The Morgan fingerprint density at radius 3 is 2.67 bits per heavy atom. The summed E-state index contributed by atoms with van der Waals surface area (Å²) in [5, 5.41) is 9.95. The summed E-state index contributed by atoms with van der Waals surface area (Å²) in [6, 6.07) is 0. The number of allylic oxidation sites excluding steroid dienone is 1. The summed E-state index contributed by atoms with van der Waals surface area (Å²) in [6.45, 7) is 4.21. The van der Waals surface area contributed by atoms with Crippen LogP contribution in [-0.2, 0) is 5.11 Å². The van der Waals surface area contributed by atoms with Crippen molar-refractivity contribution >= 4 is 0 Å². The SMILES string of the molecule is CCCC(C)/C=C/C[O]. The quantitative estimate of drug-likeness (QED) is 0.517. The first kappa shape index (κ1) is 8.70. The lowest BCUT2D eigenvalue weighted by molar-refractivity contribution is 0.231. The molecule has 0 fully saturated rings. The Balaban J connectivity index is 3.25. The summed E-state index contributed by atoms with van der Waals surface area (Å²) in [5.74, 6) is 0.587. The highest BCUT2D eigenvalue weighted by molar-refractivity contribution is 4.85. The molecule has 1 heteroatoms. The molecule has 0 aromatic carbocycles. The van der Waals surface area contributed by atoms with E-state index in [1.807, 2.05) is 6.08 Å². The molecule has 0 aromatic rings. The largest absolute Gasteiger partial charge is 0.232 e. The van der Waals surface area contributed by atoms with Gasteiger partial charge in [-0.05, 0) is 12.3 Å². The molecule has 0 heterocycles. The predicted octanol–water partition coefficient (Wildman–Crippen LogP) is 2.41. The zero-order valence-electron chi connectivity index (χ0n) is 6.26. The van der Waals surface area contributed by atoms with Gasteiger partial charge in [-0.1, -0.05) is 32.4 Å². The molecule has 0 spiro atoms. The molecule has 1 radical (unpaired) electrons. The van der Waals surface area contributed by atoms with Crippen molar-refractivity contribution in [3.63, 3.8) is 0 Å². The van der Waals surface area contributed by atoms with E-state index in [0.29, 0.717) is 5.92 Å². The third-order valence-electron chi connectivity index (χ3n) is 1.30. The molecule has 0 saturated carbocycles. The van der Waals surface area contributed by atoms with Gasteiger partial charge >= 0.3 is 0 Å². The van der Waals surface area contributed by atoms with Crippen molar-refractivity contribution in [2.45, 2.75) is 26.7 Å². The Labute approximate surface area is 57.4 Å². The fourth-order valence-electron chi connectivity index (χ4n) is 0.839. The fraction of sp³-hybridized carbons (Fsp3) is 0.750. The molecule has 1 atom stereocenters. The second-order valence-electron chi connectivity index (χ2n) is 2.36. The van der Waals surface area contributed by atoms with Gasteiger partial charge in [0.05, 0.1) is 0 Å². The topological polar surface area (TPSA) is 19.9 Å². The average molecular weight is 127 g/mol. The highest BCUT2D eigenvalue weighted by Crippen LogP contribution is 2.05. The molecule has 0 aromatic heterocycles. The van der Waals surface area contributed by atoms with Gasteiger partial charge in [-0.3, -0.25) is 0 Å². The maximum Gasteiger partial charge on any atom is 0.100 e. The highest BCUT2D eigenvalue weighted by Gasteiger charge is 1.91. The summed E-state index contributed by atoms with van der Waals surface area (Å²) < 4.78 is 0. The van der Waals surface area contributed by atoms with Crippen LogP contribution < -0.4 is 0 Å². The van der Waals surface area contributed by atoms with Gasteiger partial charge in [-0.15, -0.1) is 0 Å². The fourth-order valence-corrected chi connectivity index (χ4v) is 0.839. The van der Waals surface area contributed by atoms with Crippen molar-refractivity contribution in [1.29, 1.82) is 0 Å². The molecule has 0 saturated heterocycles. The Kier molecular flexibility index (Phi) is 5.64. The number of rotatable bonds is 4. The van der Waals surface area contributed by atoms with Crippen LogP contribution in [-0.4, -0.2) is 6.61 Å². The van der Waals surface area contributed by atoms with Gasteiger partial charge in [-0.25, -0.2) is 5.11 Å². The first-order chi connectivity index (χ1) is 4.31. The Hall–Kier alpha value is -0.300. The smallest absolute Gasteiger partial charge is 0.100 e. The zero-order valence-corrected chi connectivity index (χ0v) is 6.26. The molecule has 0 aliphatic heterocycles. The van der Waals surface area contributed by atoms with E-state index in [0.717, 1.165) is 0 Å². The molecule has 0 N–H and O–H groups in total. The van der Waals surface area contributed by atoms with Gasteiger partial charge in [0, 0.05) is 0 Å². The van der Waals surface area contributed by atoms with Gasteiger partial charge in [0.25, 0.3) is 0 Å². The van der Waals surface area contributed by atoms with Crippen LogP contribution >= 0.6 is 0 Å². The van der Waals surface area contributed by atoms with E-state index >= 15 is 0 Å². The molecule has 1 nitrogen and oxygen atoms in total. The molecule has 9 heavy (non-hydrogen) atoms. The van der Waals surface area contributed by atoms with Crippen molar-refractivity contribution in [1.82, 2.24) is 0 Å². The standard InChI is InChI=1S/C8H15O/c1-3-5-8(2)6-4-7-9/h4,6,8H,3,5,7H2,1-2H3/b6-4+. The Bertz CT molecular complexity index is 76.6. The summed E-state index contributed by atoms with van der Waals surface area (Å²) in [7, 11) is 0. The summed E-state index contributed by atoms with van der Waals surface area (Å²) >= 11 is 0. The maximum absolute atomic E-state index is 9.95. The van der Waals surface area contributed by atoms with E-state index in [1.54, 1.807) is 6.08 Å². The van der Waals surface area contributed by atoms with Crippen LogP contribution in [0.15, 0.2) is 12.2 Å². The highest BCUT2D eigenvalue weighted by atomic mass is 16.2. The van der Waals surface area contributed by atoms with Crippen molar-refractivity contribution in [2.75, 3.05) is 6.61 Å². The van der Waals surface area contributed by atoms with E-state index in [-0.39, 0.29) is 6.61 Å². The number of hydrogen-bond acceptors (Lipinski definition) is 0. The van der Waals surface area contributed by atoms with E-state index in [2.05, 4.69) is 13.8 Å². The minimum atomic E-state index is -0.0753. The summed E-state index contributed by atoms with van der Waals surface area (Å²) in [4.78, 5) is 0. The lowest BCUT2D eigenvalue weighted by Crippen LogP contribution is -1.87. The van der Waals surface area contributed by atoms with Crippen molar-refractivity contribution < 1.29 is 5.11 Å². The molecule has 0 aliphatic rings. The third kappa shape index (κ3) is 5.57. The van der Waals surface area contributed by atoms with Crippen LogP contribution in [0.2, 0.25) is 0 Å². The van der Waals surface area contributed by atoms with E-state index in [4.69, 9.17) is 0 Å². The predicted molar refractivity (Wildman–Crippen MR) is 38.8 cm³/mol. The first-order valence-electron chi connectivity index (χ1n) is 3.56. The Morgan fingerprint density at radius 2 is 2.22 bits per heavy atom. The van der Waals surface area contributed by atoms with Crippen LogP contribution in [0.4, 0.5) is 0 Å². The number of hydrogen-bond donors (Lipinski definition) is 0. The van der Waals surface area contributed by atoms with E-state index < -0.39 is 0 Å². The van der Waals surface area contributed by atoms with Gasteiger partial charge in [0.15, 0.2) is 0 Å². The molecule has 53 valence electrons. The van der Waals surface area contributed by atoms with Gasteiger partial charge in [0.2, 0.25) is 0 Å². The Morgan fingerprint density at radius 1 is 1.56 bits per heavy atom. The van der Waals surface area contributed by atoms with Crippen molar-refractivity contribution in [2.24, 2.45) is 5.92 Å². The van der Waals surface area contributed by atoms with Gasteiger partial charge in [0.1, 0.15) is 6.61 Å². The summed E-state index contributed by atoms with van der Waals surface area (Å²) in [6.07, 6.45) is 6.08. The lowest BCUT2D eigenvalue weighted by atomic mass is 10.1. The van der Waals surface area contributed by atoms with Crippen LogP contribution in [0.1, 0.15) is 26.7 Å². The molecular formula is C8H15O. The first-order valence-corrected chi connectivity index (χ1v) is 3.56. The maximum atomic E-state index is 9.95. The van der Waals surface area contributed by atoms with Crippen LogP contribution in [0, 0.1) is 5.92 Å². The molecule has 0 rings (SSSR count). The minimum Gasteiger partial charge on any atom is -0.232 e. The third-order valence-corrected chi connectivity index (χ3v) is 1.30. The van der Waals surface area contributed by atoms with Gasteiger partial charge < -0.3 is 0 Å². The van der Waals surface area contributed by atoms with Crippen molar-refractivity contribution in [3.8, 4) is 0 Å². The molecule has 0 amide bonds. The zero-order chi connectivity index (χ0) is 7.11. The molecular weight excluding hydrogens is 112 g/mol. The van der Waals surface area contributed by atoms with Crippen LogP contribution in [0.5, 0.6) is 0 Å². The lowest BCUT2D eigenvalue weighted by Gasteiger charge is -2.00. The average Bonchev–Trinajstić information content (AvgIpc) is 1.85. The van der Waals surface area contributed by atoms with E-state index in [9.17, 15) is 5.11 Å². The van der Waals surface area contributed by atoms with Crippen molar-refractivity contribution in [3.05, 3.63) is 12.2 Å². The summed E-state index contributed by atoms with van der Waals surface area (Å²) in [5.41, 5.74) is 0. The molecule has 0 aliphatic carbocycles. The minimum absolute atomic E-state index is 0.0753. The second-order valence-corrected chi connectivity index (χ2v) is 2.36. The molecule has 0 bridgehead atoms.